The van der Waals surface area contributed by atoms with Crippen LogP contribution in [0.4, 0.5) is 0 Å². The van der Waals surface area contributed by atoms with Crippen LogP contribution in [-0.4, -0.2) is 29.1 Å². The van der Waals surface area contributed by atoms with Crippen molar-refractivity contribution >= 4 is 29.3 Å². The van der Waals surface area contributed by atoms with Gasteiger partial charge in [0.1, 0.15) is 11.4 Å². The van der Waals surface area contributed by atoms with Crippen LogP contribution < -0.4 is 10.1 Å². The molecule has 1 N–H and O–H groups in total. The highest BCUT2D eigenvalue weighted by Crippen LogP contribution is 2.22. The third-order valence-corrected chi connectivity index (χ3v) is 3.12. The summed E-state index contributed by atoms with van der Waals surface area (Å²) in [5.74, 6) is 0.659. The molecule has 1 saturated heterocycles. The lowest BCUT2D eigenvalue weighted by molar-refractivity contribution is -0.122. The van der Waals surface area contributed by atoms with E-state index in [0.717, 1.165) is 11.3 Å². The van der Waals surface area contributed by atoms with Gasteiger partial charge in [0.2, 0.25) is 0 Å². The molecule has 2 rings (SSSR count). The second kappa shape index (κ2) is 5.84. The molecule has 0 saturated carbocycles. The molecule has 4 nitrogen and oxygen atoms in total. The Kier molecular flexibility index (Phi) is 4.16. The minimum absolute atomic E-state index is 0.0983. The van der Waals surface area contributed by atoms with Crippen LogP contribution in [0.1, 0.15) is 19.4 Å². The van der Waals surface area contributed by atoms with Gasteiger partial charge < -0.3 is 10.1 Å². The summed E-state index contributed by atoms with van der Waals surface area (Å²) in [6, 6.07) is 7.60. The van der Waals surface area contributed by atoms with Gasteiger partial charge >= 0.3 is 0 Å². The number of ether oxygens (including phenoxy) is 1. The smallest absolute Gasteiger partial charge is 0.276 e. The fraction of sp³-hybridized carbons (Fsp3) is 0.286. The first-order chi connectivity index (χ1) is 9.17. The van der Waals surface area contributed by atoms with Gasteiger partial charge in [-0.05, 0) is 38.2 Å². The number of para-hydroxylation sites is 1. The Bertz CT molecular complexity index is 540. The topological polar surface area (TPSA) is 41.6 Å². The van der Waals surface area contributed by atoms with Crippen LogP contribution in [-0.2, 0) is 4.79 Å². The van der Waals surface area contributed by atoms with Crippen molar-refractivity contribution in [2.24, 2.45) is 0 Å². The van der Waals surface area contributed by atoms with E-state index in [1.165, 1.54) is 4.90 Å². The number of amides is 1. The Morgan fingerprint density at radius 3 is 2.74 bits per heavy atom. The maximum atomic E-state index is 12.1. The number of thiocarbonyl (C=S) groups is 1. The molecule has 100 valence electrons. The van der Waals surface area contributed by atoms with E-state index >= 15 is 0 Å². The van der Waals surface area contributed by atoms with Gasteiger partial charge in [0.05, 0.1) is 6.61 Å². The highest BCUT2D eigenvalue weighted by molar-refractivity contribution is 7.80. The van der Waals surface area contributed by atoms with Crippen LogP contribution in [0, 0.1) is 0 Å². The zero-order chi connectivity index (χ0) is 13.8. The van der Waals surface area contributed by atoms with E-state index in [9.17, 15) is 4.79 Å². The van der Waals surface area contributed by atoms with Crippen LogP contribution in [0.2, 0.25) is 0 Å². The predicted octanol–water partition coefficient (Wildman–Crippen LogP) is 2.16. The monoisotopic (exact) mass is 276 g/mol. The first-order valence-electron chi connectivity index (χ1n) is 6.23. The Morgan fingerprint density at radius 1 is 1.37 bits per heavy atom. The summed E-state index contributed by atoms with van der Waals surface area (Å²) in [6.07, 6.45) is 1.77. The van der Waals surface area contributed by atoms with Crippen molar-refractivity contribution in [3.8, 4) is 5.75 Å². The van der Waals surface area contributed by atoms with Crippen molar-refractivity contribution in [2.45, 2.75) is 13.8 Å². The second-order valence-corrected chi connectivity index (χ2v) is 4.40. The van der Waals surface area contributed by atoms with Crippen molar-refractivity contribution in [1.29, 1.82) is 0 Å². The highest BCUT2D eigenvalue weighted by atomic mass is 32.1. The zero-order valence-electron chi connectivity index (χ0n) is 11.0. The Hall–Kier alpha value is -1.88. The van der Waals surface area contributed by atoms with Gasteiger partial charge in [-0.25, -0.2) is 0 Å². The molecule has 1 fully saturated rings. The lowest BCUT2D eigenvalue weighted by atomic mass is 10.1. The Morgan fingerprint density at radius 2 is 2.11 bits per heavy atom. The predicted molar refractivity (Wildman–Crippen MR) is 78.7 cm³/mol. The molecule has 1 heterocycles. The molecular weight excluding hydrogens is 260 g/mol. The van der Waals surface area contributed by atoms with Gasteiger partial charge in [0, 0.05) is 12.1 Å². The first-order valence-corrected chi connectivity index (χ1v) is 6.64. The fourth-order valence-corrected chi connectivity index (χ4v) is 2.22. The molecule has 0 unspecified atom stereocenters. The number of nitrogens with one attached hydrogen (secondary N) is 1. The number of likely N-dealkylation sites (N-methyl/N-ethyl adjacent to an activating group) is 1. The van der Waals surface area contributed by atoms with Gasteiger partial charge in [-0.2, -0.15) is 0 Å². The number of nitrogens with zero attached hydrogens (tertiary/aromatic N) is 1. The molecule has 0 atom stereocenters. The van der Waals surface area contributed by atoms with Crippen molar-refractivity contribution in [3.63, 3.8) is 0 Å². The third kappa shape index (κ3) is 2.76. The molecule has 1 amide bonds. The lowest BCUT2D eigenvalue weighted by Gasteiger charge is -2.09. The summed E-state index contributed by atoms with van der Waals surface area (Å²) in [5.41, 5.74) is 1.35. The normalized spacial score (nSPS) is 16.9. The molecule has 1 aliphatic heterocycles. The molecule has 1 aromatic carbocycles. The third-order valence-electron chi connectivity index (χ3n) is 2.80. The zero-order valence-corrected chi connectivity index (χ0v) is 11.8. The van der Waals surface area contributed by atoms with Crippen molar-refractivity contribution in [2.75, 3.05) is 13.2 Å². The van der Waals surface area contributed by atoms with Crippen molar-refractivity contribution in [3.05, 3.63) is 35.5 Å². The van der Waals surface area contributed by atoms with Crippen LogP contribution in [0.25, 0.3) is 6.08 Å². The van der Waals surface area contributed by atoms with Gasteiger partial charge in [-0.15, -0.1) is 0 Å². The molecule has 5 heteroatoms. The van der Waals surface area contributed by atoms with Crippen LogP contribution in [0.15, 0.2) is 30.0 Å². The van der Waals surface area contributed by atoms with E-state index in [1.54, 1.807) is 6.08 Å². The minimum atomic E-state index is -0.0983. The SMILES string of the molecule is CCOc1ccccc1/C=C1\NC(=S)N(CC)C1=O. The first kappa shape index (κ1) is 13.5. The number of carbonyl (C=O) groups excluding carboxylic acids is 1. The van der Waals surface area contributed by atoms with Crippen molar-refractivity contribution < 1.29 is 9.53 Å². The van der Waals surface area contributed by atoms with Crippen molar-refractivity contribution in [1.82, 2.24) is 10.2 Å². The molecule has 1 aromatic rings. The number of hydrogen-bond acceptors (Lipinski definition) is 3. The number of hydrogen-bond donors (Lipinski definition) is 1. The van der Waals surface area contributed by atoms with E-state index in [2.05, 4.69) is 5.32 Å². The quantitative estimate of drug-likeness (QED) is 0.676. The van der Waals surface area contributed by atoms with Crippen LogP contribution in [0.5, 0.6) is 5.75 Å². The largest absolute Gasteiger partial charge is 0.493 e. The fourth-order valence-electron chi connectivity index (χ4n) is 1.90. The van der Waals surface area contributed by atoms with E-state index in [0.29, 0.717) is 24.0 Å². The van der Waals surface area contributed by atoms with Gasteiger partial charge in [0.25, 0.3) is 5.91 Å². The molecule has 0 spiro atoms. The van der Waals surface area contributed by atoms with E-state index in [1.807, 2.05) is 38.1 Å². The van der Waals surface area contributed by atoms with Crippen LogP contribution >= 0.6 is 12.2 Å². The van der Waals surface area contributed by atoms with Gasteiger partial charge in [-0.1, -0.05) is 18.2 Å². The molecule has 1 aliphatic rings. The number of benzene rings is 1. The summed E-state index contributed by atoms with van der Waals surface area (Å²) in [5, 5.41) is 3.39. The van der Waals surface area contributed by atoms with E-state index < -0.39 is 0 Å². The minimum Gasteiger partial charge on any atom is -0.493 e. The average Bonchev–Trinajstić information content (AvgIpc) is 2.67. The lowest BCUT2D eigenvalue weighted by Crippen LogP contribution is -2.30. The van der Waals surface area contributed by atoms with Gasteiger partial charge in [-0.3, -0.25) is 9.69 Å². The summed E-state index contributed by atoms with van der Waals surface area (Å²) in [4.78, 5) is 13.6. The number of rotatable bonds is 4. The molecule has 0 radical (unpaired) electrons. The average molecular weight is 276 g/mol. The van der Waals surface area contributed by atoms with E-state index in [-0.39, 0.29) is 5.91 Å². The maximum absolute atomic E-state index is 12.1. The Balaban J connectivity index is 2.32. The highest BCUT2D eigenvalue weighted by Gasteiger charge is 2.29. The molecular formula is C14H16N2O2S. The summed E-state index contributed by atoms with van der Waals surface area (Å²) in [7, 11) is 0. The molecule has 0 bridgehead atoms. The second-order valence-electron chi connectivity index (χ2n) is 4.01. The number of carbonyl (C=O) groups is 1. The summed E-state index contributed by atoms with van der Waals surface area (Å²) in [6.45, 7) is 4.97. The molecule has 19 heavy (non-hydrogen) atoms. The van der Waals surface area contributed by atoms with Crippen LogP contribution in [0.3, 0.4) is 0 Å². The van der Waals surface area contributed by atoms with Gasteiger partial charge in [0.15, 0.2) is 5.11 Å². The summed E-state index contributed by atoms with van der Waals surface area (Å²) >= 11 is 5.12. The molecule has 0 aromatic heterocycles. The summed E-state index contributed by atoms with van der Waals surface area (Å²) < 4.78 is 5.53. The molecule has 0 aliphatic carbocycles. The standard InChI is InChI=1S/C14H16N2O2S/c1-3-16-13(17)11(15-14(16)19)9-10-7-5-6-8-12(10)18-4-2/h5-9H,3-4H2,1-2H3,(H,15,19)/b11-9-. The maximum Gasteiger partial charge on any atom is 0.276 e. The van der Waals surface area contributed by atoms with E-state index in [4.69, 9.17) is 17.0 Å². The Labute approximate surface area is 118 Å².